The Morgan fingerprint density at radius 2 is 1.74 bits per heavy atom. The maximum absolute atomic E-state index is 13.8. The van der Waals surface area contributed by atoms with Crippen LogP contribution in [0.3, 0.4) is 0 Å². The number of sulfonamides is 1. The summed E-state index contributed by atoms with van der Waals surface area (Å²) >= 11 is 12.5. The Morgan fingerprint density at radius 3 is 2.29 bits per heavy atom. The third-order valence-electron chi connectivity index (χ3n) is 6.56. The van der Waals surface area contributed by atoms with E-state index in [0.29, 0.717) is 40.1 Å². The second kappa shape index (κ2) is 13.5. The first-order chi connectivity index (χ1) is 18.0. The van der Waals surface area contributed by atoms with Crippen molar-refractivity contribution in [3.63, 3.8) is 0 Å². The molecule has 38 heavy (non-hydrogen) atoms. The normalized spacial score (nSPS) is 14.7. The molecule has 1 aliphatic rings. The van der Waals surface area contributed by atoms with Crippen molar-refractivity contribution >= 4 is 50.7 Å². The summed E-state index contributed by atoms with van der Waals surface area (Å²) in [5.74, 6) is -0.196. The van der Waals surface area contributed by atoms with Crippen molar-refractivity contribution in [2.24, 2.45) is 0 Å². The van der Waals surface area contributed by atoms with E-state index in [2.05, 4.69) is 5.32 Å². The highest BCUT2D eigenvalue weighted by atomic mass is 35.5. The molecule has 2 aromatic carbocycles. The molecule has 11 heteroatoms. The van der Waals surface area contributed by atoms with Crippen molar-refractivity contribution in [1.82, 2.24) is 10.2 Å². The van der Waals surface area contributed by atoms with E-state index in [1.165, 1.54) is 4.90 Å². The van der Waals surface area contributed by atoms with Gasteiger partial charge in [-0.3, -0.25) is 13.9 Å². The Labute approximate surface area is 235 Å². The minimum absolute atomic E-state index is 0.0201. The van der Waals surface area contributed by atoms with E-state index in [4.69, 9.17) is 27.9 Å². The summed E-state index contributed by atoms with van der Waals surface area (Å²) in [5, 5.41) is 3.88. The maximum atomic E-state index is 13.8. The van der Waals surface area contributed by atoms with Crippen molar-refractivity contribution in [2.75, 3.05) is 23.7 Å². The highest BCUT2D eigenvalue weighted by Gasteiger charge is 2.33. The molecule has 1 saturated carbocycles. The number of anilines is 1. The van der Waals surface area contributed by atoms with Crippen LogP contribution in [0.1, 0.15) is 51.5 Å². The fraction of sp³-hybridized carbons (Fsp3) is 0.481. The molecule has 0 bridgehead atoms. The van der Waals surface area contributed by atoms with Gasteiger partial charge < -0.3 is 15.0 Å². The topological polar surface area (TPSA) is 96.0 Å². The van der Waals surface area contributed by atoms with E-state index in [1.807, 2.05) is 13.8 Å². The zero-order valence-electron chi connectivity index (χ0n) is 22.0. The minimum atomic E-state index is -3.83. The molecule has 2 amide bonds. The largest absolute Gasteiger partial charge is 0.494 e. The number of hydrogen-bond donors (Lipinski definition) is 1. The molecule has 0 aromatic heterocycles. The summed E-state index contributed by atoms with van der Waals surface area (Å²) in [6.07, 6.45) is 5.29. The summed E-state index contributed by atoms with van der Waals surface area (Å²) in [6, 6.07) is 10.7. The number of halogens is 2. The first-order valence-electron chi connectivity index (χ1n) is 12.8. The monoisotopic (exact) mass is 583 g/mol. The Hall–Kier alpha value is -2.49. The van der Waals surface area contributed by atoms with Gasteiger partial charge in [0.25, 0.3) is 0 Å². The van der Waals surface area contributed by atoms with Gasteiger partial charge in [-0.25, -0.2) is 8.42 Å². The number of carbonyl (C=O) groups excluding carboxylic acids is 2. The molecule has 0 unspecified atom stereocenters. The summed E-state index contributed by atoms with van der Waals surface area (Å²) in [4.78, 5) is 28.6. The quantitative estimate of drug-likeness (QED) is 0.378. The smallest absolute Gasteiger partial charge is 0.244 e. The van der Waals surface area contributed by atoms with E-state index in [0.717, 1.165) is 36.2 Å². The second-order valence-electron chi connectivity index (χ2n) is 9.37. The predicted octanol–water partition coefficient (Wildman–Crippen LogP) is 5.02. The first kappa shape index (κ1) is 30.1. The molecule has 1 atom stereocenters. The van der Waals surface area contributed by atoms with Gasteiger partial charge in [-0.1, -0.05) is 49.0 Å². The lowest BCUT2D eigenvalue weighted by Gasteiger charge is -2.33. The van der Waals surface area contributed by atoms with E-state index >= 15 is 0 Å². The molecule has 0 spiro atoms. The molecule has 0 radical (unpaired) electrons. The highest BCUT2D eigenvalue weighted by molar-refractivity contribution is 7.92. The van der Waals surface area contributed by atoms with Gasteiger partial charge in [0.15, 0.2) is 0 Å². The van der Waals surface area contributed by atoms with Crippen LogP contribution in [0.4, 0.5) is 5.69 Å². The summed E-state index contributed by atoms with van der Waals surface area (Å²) in [5.41, 5.74) is 0.917. The fourth-order valence-corrected chi connectivity index (χ4v) is 5.93. The van der Waals surface area contributed by atoms with Gasteiger partial charge in [0, 0.05) is 22.6 Å². The van der Waals surface area contributed by atoms with Crippen molar-refractivity contribution in [1.29, 1.82) is 0 Å². The lowest BCUT2D eigenvalue weighted by atomic mass is 10.1. The molecule has 0 saturated heterocycles. The van der Waals surface area contributed by atoms with E-state index in [9.17, 15) is 18.0 Å². The number of rotatable bonds is 12. The Kier molecular flexibility index (Phi) is 10.7. The summed E-state index contributed by atoms with van der Waals surface area (Å²) in [6.45, 7) is 3.68. The summed E-state index contributed by atoms with van der Waals surface area (Å²) in [7, 11) is -3.83. The van der Waals surface area contributed by atoms with Gasteiger partial charge in [0.2, 0.25) is 21.8 Å². The van der Waals surface area contributed by atoms with Gasteiger partial charge >= 0.3 is 0 Å². The van der Waals surface area contributed by atoms with Crippen LogP contribution in [-0.4, -0.2) is 56.6 Å². The summed E-state index contributed by atoms with van der Waals surface area (Å²) < 4.78 is 32.0. The highest BCUT2D eigenvalue weighted by Crippen LogP contribution is 2.26. The van der Waals surface area contributed by atoms with Crippen LogP contribution in [0.5, 0.6) is 5.75 Å². The third kappa shape index (κ3) is 8.01. The van der Waals surface area contributed by atoms with Crippen LogP contribution in [0, 0.1) is 0 Å². The maximum Gasteiger partial charge on any atom is 0.244 e. The van der Waals surface area contributed by atoms with Gasteiger partial charge in [-0.15, -0.1) is 0 Å². The molecule has 3 rings (SSSR count). The van der Waals surface area contributed by atoms with Crippen molar-refractivity contribution in [3.05, 3.63) is 58.1 Å². The molecular weight excluding hydrogens is 549 g/mol. The number of amides is 2. The fourth-order valence-electron chi connectivity index (χ4n) is 4.61. The Balaban J connectivity index is 1.93. The molecule has 208 valence electrons. The van der Waals surface area contributed by atoms with Crippen LogP contribution in [0.25, 0.3) is 0 Å². The molecule has 1 aliphatic carbocycles. The average Bonchev–Trinajstić information content (AvgIpc) is 3.36. The Bertz CT molecular complexity index is 1220. The predicted molar refractivity (Wildman–Crippen MR) is 151 cm³/mol. The number of nitrogens with zero attached hydrogens (tertiary/aromatic N) is 2. The Morgan fingerprint density at radius 1 is 1.08 bits per heavy atom. The van der Waals surface area contributed by atoms with E-state index < -0.39 is 28.5 Å². The van der Waals surface area contributed by atoms with Crippen LogP contribution in [-0.2, 0) is 26.2 Å². The van der Waals surface area contributed by atoms with Gasteiger partial charge in [-0.2, -0.15) is 0 Å². The van der Waals surface area contributed by atoms with Gasteiger partial charge in [0.1, 0.15) is 18.3 Å². The number of nitrogens with one attached hydrogen (secondary N) is 1. The van der Waals surface area contributed by atoms with Crippen LogP contribution in [0.15, 0.2) is 42.5 Å². The number of benzene rings is 2. The van der Waals surface area contributed by atoms with Crippen LogP contribution in [0.2, 0.25) is 10.0 Å². The standard InChI is InChI=1S/C27H35Cl2N3O5S/c1-4-25(27(34)30-21-8-6-7-9-21)31(17-19-10-11-20(28)16-24(19)29)26(33)18-32(38(3,35)36)22-12-14-23(15-13-22)37-5-2/h10-16,21,25H,4-9,17-18H2,1-3H3,(H,30,34)/t25-/m0/s1. The first-order valence-corrected chi connectivity index (χ1v) is 15.4. The second-order valence-corrected chi connectivity index (χ2v) is 12.1. The minimum Gasteiger partial charge on any atom is -0.494 e. The number of carbonyl (C=O) groups is 2. The van der Waals surface area contributed by atoms with E-state index in [-0.39, 0.29) is 18.5 Å². The van der Waals surface area contributed by atoms with Crippen LogP contribution >= 0.6 is 23.2 Å². The van der Waals surface area contributed by atoms with Crippen molar-refractivity contribution in [3.8, 4) is 5.75 Å². The molecule has 8 nitrogen and oxygen atoms in total. The van der Waals surface area contributed by atoms with E-state index in [1.54, 1.807) is 42.5 Å². The molecule has 1 fully saturated rings. The van der Waals surface area contributed by atoms with Crippen molar-refractivity contribution in [2.45, 2.75) is 64.6 Å². The van der Waals surface area contributed by atoms with Gasteiger partial charge in [-0.05, 0) is 68.1 Å². The molecule has 0 aliphatic heterocycles. The van der Waals surface area contributed by atoms with Crippen LogP contribution < -0.4 is 14.4 Å². The zero-order valence-corrected chi connectivity index (χ0v) is 24.3. The lowest BCUT2D eigenvalue weighted by molar-refractivity contribution is -0.140. The average molecular weight is 585 g/mol. The van der Waals surface area contributed by atoms with Crippen molar-refractivity contribution < 1.29 is 22.7 Å². The zero-order chi connectivity index (χ0) is 27.9. The molecule has 1 N–H and O–H groups in total. The molecular formula is C27H35Cl2N3O5S. The van der Waals surface area contributed by atoms with Gasteiger partial charge in [0.05, 0.1) is 18.6 Å². The third-order valence-corrected chi connectivity index (χ3v) is 8.29. The molecule has 2 aromatic rings. The molecule has 0 heterocycles. The SMILES string of the molecule is CCOc1ccc(N(CC(=O)N(Cc2ccc(Cl)cc2Cl)[C@@H](CC)C(=O)NC2CCCC2)S(C)(=O)=O)cc1. The number of hydrogen-bond acceptors (Lipinski definition) is 5. The number of ether oxygens (including phenoxy) is 1. The lowest BCUT2D eigenvalue weighted by Crippen LogP contribution is -2.53.